The zero-order valence-corrected chi connectivity index (χ0v) is 16.5. The lowest BCUT2D eigenvalue weighted by atomic mass is 9.85. The van der Waals surface area contributed by atoms with E-state index < -0.39 is 0 Å². The van der Waals surface area contributed by atoms with Gasteiger partial charge in [0.2, 0.25) is 5.91 Å². The predicted molar refractivity (Wildman–Crippen MR) is 101 cm³/mol. The van der Waals surface area contributed by atoms with E-state index in [9.17, 15) is 4.79 Å². The lowest BCUT2D eigenvalue weighted by molar-refractivity contribution is -0.127. The lowest BCUT2D eigenvalue weighted by Crippen LogP contribution is -2.47. The number of likely N-dealkylation sites (N-methyl/N-ethyl adjacent to an activating group) is 1. The van der Waals surface area contributed by atoms with Gasteiger partial charge in [-0.05, 0) is 32.9 Å². The van der Waals surface area contributed by atoms with E-state index in [-0.39, 0.29) is 12.5 Å². The van der Waals surface area contributed by atoms with Crippen molar-refractivity contribution in [2.45, 2.75) is 39.5 Å². The smallest absolute Gasteiger partial charge is 0.243 e. The van der Waals surface area contributed by atoms with Gasteiger partial charge < -0.3 is 20.4 Å². The SMILES string of the molecule is CC(C)CNC(=NCC(=O)N(C)C)NCC1(CN(C)C)CCCC1. The van der Waals surface area contributed by atoms with Crippen molar-refractivity contribution in [1.82, 2.24) is 20.4 Å². The van der Waals surface area contributed by atoms with Crippen LogP contribution in [-0.4, -0.2) is 76.0 Å². The summed E-state index contributed by atoms with van der Waals surface area (Å²) in [4.78, 5) is 20.1. The summed E-state index contributed by atoms with van der Waals surface area (Å²) in [6.45, 7) is 7.36. The van der Waals surface area contributed by atoms with E-state index in [1.54, 1.807) is 19.0 Å². The minimum Gasteiger partial charge on any atom is -0.356 e. The largest absolute Gasteiger partial charge is 0.356 e. The third-order valence-electron chi connectivity index (χ3n) is 4.50. The minimum atomic E-state index is 0.0181. The molecule has 0 aromatic carbocycles. The molecule has 1 rings (SSSR count). The van der Waals surface area contributed by atoms with Crippen LogP contribution in [0.15, 0.2) is 4.99 Å². The van der Waals surface area contributed by atoms with Gasteiger partial charge in [0.25, 0.3) is 0 Å². The Balaban J connectivity index is 2.68. The topological polar surface area (TPSA) is 60.0 Å². The van der Waals surface area contributed by atoms with Crippen LogP contribution in [0.3, 0.4) is 0 Å². The molecule has 1 aliphatic carbocycles. The summed E-state index contributed by atoms with van der Waals surface area (Å²) in [5.74, 6) is 1.30. The monoisotopic (exact) mass is 339 g/mol. The lowest BCUT2D eigenvalue weighted by Gasteiger charge is -2.33. The first-order valence-electron chi connectivity index (χ1n) is 9.11. The van der Waals surface area contributed by atoms with Crippen LogP contribution in [0.2, 0.25) is 0 Å². The van der Waals surface area contributed by atoms with E-state index in [2.05, 4.69) is 48.5 Å². The molecule has 0 radical (unpaired) electrons. The highest BCUT2D eigenvalue weighted by Gasteiger charge is 2.34. The Labute approximate surface area is 148 Å². The molecule has 0 aromatic heterocycles. The number of hydrogen-bond donors (Lipinski definition) is 2. The van der Waals surface area contributed by atoms with E-state index in [0.717, 1.165) is 25.6 Å². The van der Waals surface area contributed by atoms with Gasteiger partial charge in [-0.3, -0.25) is 4.79 Å². The number of nitrogens with zero attached hydrogens (tertiary/aromatic N) is 3. The highest BCUT2D eigenvalue weighted by atomic mass is 16.2. The van der Waals surface area contributed by atoms with Gasteiger partial charge >= 0.3 is 0 Å². The summed E-state index contributed by atoms with van der Waals surface area (Å²) < 4.78 is 0. The van der Waals surface area contributed by atoms with Crippen LogP contribution in [0.5, 0.6) is 0 Å². The number of carbonyl (C=O) groups excluding carboxylic acids is 1. The van der Waals surface area contributed by atoms with Gasteiger partial charge in [0.15, 0.2) is 5.96 Å². The number of amides is 1. The Bertz CT molecular complexity index is 412. The molecule has 0 spiro atoms. The Morgan fingerprint density at radius 1 is 1.12 bits per heavy atom. The molecule has 1 fully saturated rings. The predicted octanol–water partition coefficient (Wildman–Crippen LogP) is 1.39. The number of aliphatic imine (C=N–C) groups is 1. The summed E-state index contributed by atoms with van der Waals surface area (Å²) in [6.07, 6.45) is 5.12. The number of guanidine groups is 1. The Kier molecular flexibility index (Phi) is 8.53. The average molecular weight is 340 g/mol. The molecule has 0 heterocycles. The molecule has 0 atom stereocenters. The molecule has 0 aliphatic heterocycles. The molecule has 0 bridgehead atoms. The van der Waals surface area contributed by atoms with Crippen molar-refractivity contribution in [1.29, 1.82) is 0 Å². The van der Waals surface area contributed by atoms with Gasteiger partial charge in [0.1, 0.15) is 6.54 Å². The van der Waals surface area contributed by atoms with Crippen molar-refractivity contribution in [3.63, 3.8) is 0 Å². The van der Waals surface area contributed by atoms with Crippen LogP contribution >= 0.6 is 0 Å². The number of rotatable bonds is 8. The fourth-order valence-electron chi connectivity index (χ4n) is 3.22. The summed E-state index contributed by atoms with van der Waals surface area (Å²) in [6, 6.07) is 0. The normalized spacial score (nSPS) is 17.4. The van der Waals surface area contributed by atoms with Gasteiger partial charge in [0.05, 0.1) is 0 Å². The van der Waals surface area contributed by atoms with Crippen LogP contribution in [-0.2, 0) is 4.79 Å². The first-order valence-corrected chi connectivity index (χ1v) is 9.11. The van der Waals surface area contributed by atoms with Gasteiger partial charge in [-0.1, -0.05) is 26.7 Å². The van der Waals surface area contributed by atoms with Crippen LogP contribution < -0.4 is 10.6 Å². The van der Waals surface area contributed by atoms with Gasteiger partial charge in [0, 0.05) is 39.1 Å². The maximum atomic E-state index is 11.8. The Morgan fingerprint density at radius 3 is 2.25 bits per heavy atom. The summed E-state index contributed by atoms with van der Waals surface area (Å²) in [5, 5.41) is 6.86. The molecule has 0 saturated heterocycles. The van der Waals surface area contributed by atoms with E-state index in [4.69, 9.17) is 0 Å². The van der Waals surface area contributed by atoms with Crippen molar-refractivity contribution < 1.29 is 4.79 Å². The molecular weight excluding hydrogens is 302 g/mol. The zero-order chi connectivity index (χ0) is 18.2. The van der Waals surface area contributed by atoms with Crippen molar-refractivity contribution >= 4 is 11.9 Å². The maximum absolute atomic E-state index is 11.8. The molecule has 1 saturated carbocycles. The van der Waals surface area contributed by atoms with E-state index in [1.165, 1.54) is 25.7 Å². The first-order chi connectivity index (χ1) is 11.2. The highest BCUT2D eigenvalue weighted by Crippen LogP contribution is 2.37. The second-order valence-corrected chi connectivity index (χ2v) is 8.03. The first kappa shape index (κ1) is 20.7. The molecular formula is C18H37N5O. The molecule has 6 nitrogen and oxygen atoms in total. The van der Waals surface area contributed by atoms with Crippen LogP contribution in [0.4, 0.5) is 0 Å². The quantitative estimate of drug-likeness (QED) is 0.518. The van der Waals surface area contributed by atoms with Gasteiger partial charge in [-0.15, -0.1) is 0 Å². The molecule has 140 valence electrons. The molecule has 0 aromatic rings. The van der Waals surface area contributed by atoms with Crippen LogP contribution in [0.1, 0.15) is 39.5 Å². The second kappa shape index (κ2) is 9.87. The maximum Gasteiger partial charge on any atom is 0.243 e. The van der Waals surface area contributed by atoms with Crippen LogP contribution in [0.25, 0.3) is 0 Å². The third kappa shape index (κ3) is 7.51. The number of hydrogen-bond acceptors (Lipinski definition) is 3. The van der Waals surface area contributed by atoms with E-state index >= 15 is 0 Å². The molecule has 2 N–H and O–H groups in total. The van der Waals surface area contributed by atoms with Crippen molar-refractivity contribution in [3.05, 3.63) is 0 Å². The Hall–Kier alpha value is -1.30. The van der Waals surface area contributed by atoms with E-state index in [1.807, 2.05) is 0 Å². The highest BCUT2D eigenvalue weighted by molar-refractivity contribution is 5.84. The van der Waals surface area contributed by atoms with E-state index in [0.29, 0.717) is 11.3 Å². The molecule has 24 heavy (non-hydrogen) atoms. The van der Waals surface area contributed by atoms with Gasteiger partial charge in [-0.25, -0.2) is 4.99 Å². The molecule has 0 unspecified atom stereocenters. The third-order valence-corrected chi connectivity index (χ3v) is 4.50. The molecule has 1 aliphatic rings. The van der Waals surface area contributed by atoms with Crippen molar-refractivity contribution in [3.8, 4) is 0 Å². The second-order valence-electron chi connectivity index (χ2n) is 8.03. The average Bonchev–Trinajstić information content (AvgIpc) is 2.93. The summed E-state index contributed by atoms with van der Waals surface area (Å²) in [7, 11) is 7.80. The van der Waals surface area contributed by atoms with Crippen molar-refractivity contribution in [2.24, 2.45) is 16.3 Å². The van der Waals surface area contributed by atoms with Crippen molar-refractivity contribution in [2.75, 3.05) is 54.4 Å². The van der Waals surface area contributed by atoms with Crippen LogP contribution in [0, 0.1) is 11.3 Å². The van der Waals surface area contributed by atoms with Gasteiger partial charge in [-0.2, -0.15) is 0 Å². The fourth-order valence-corrected chi connectivity index (χ4v) is 3.22. The fraction of sp³-hybridized carbons (Fsp3) is 0.889. The number of carbonyl (C=O) groups is 1. The minimum absolute atomic E-state index is 0.0181. The summed E-state index contributed by atoms with van der Waals surface area (Å²) in [5.41, 5.74) is 0.315. The summed E-state index contributed by atoms with van der Waals surface area (Å²) >= 11 is 0. The molecule has 6 heteroatoms. The Morgan fingerprint density at radius 2 is 1.75 bits per heavy atom. The number of nitrogens with one attached hydrogen (secondary N) is 2. The standard InChI is InChI=1S/C18H37N5O/c1-15(2)11-19-17(20-12-16(24)23(5)6)21-13-18(14-22(3)4)9-7-8-10-18/h15H,7-14H2,1-6H3,(H2,19,20,21). The molecule has 1 amide bonds. The zero-order valence-electron chi connectivity index (χ0n) is 16.5.